The highest BCUT2D eigenvalue weighted by Gasteiger charge is 2.14. The van der Waals surface area contributed by atoms with Crippen LogP contribution in [0.4, 0.5) is 11.8 Å². The zero-order chi connectivity index (χ0) is 22.3. The number of benzene rings is 1. The Balaban J connectivity index is 1.68. The molecule has 1 atom stereocenters. The van der Waals surface area contributed by atoms with E-state index in [0.717, 1.165) is 16.7 Å². The van der Waals surface area contributed by atoms with Gasteiger partial charge in [0.05, 0.1) is 12.7 Å². The summed E-state index contributed by atoms with van der Waals surface area (Å²) in [7, 11) is 1.73. The number of hydrogen-bond acceptors (Lipinski definition) is 7. The molecule has 0 saturated carbocycles. The number of amides is 1. The summed E-state index contributed by atoms with van der Waals surface area (Å²) in [5.41, 5.74) is 2.98. The minimum Gasteiger partial charge on any atom is -0.372 e. The van der Waals surface area contributed by atoms with E-state index in [0.29, 0.717) is 24.1 Å². The molecule has 0 aliphatic carbocycles. The molecule has 32 heavy (non-hydrogen) atoms. The first-order valence-electron chi connectivity index (χ1n) is 10.2. The lowest BCUT2D eigenvalue weighted by molar-refractivity contribution is -0.117. The van der Waals surface area contributed by atoms with Gasteiger partial charge in [-0.05, 0) is 44.2 Å². The average molecular weight is 425 g/mol. The molecule has 2 aromatic heterocycles. The van der Waals surface area contributed by atoms with Gasteiger partial charge in [-0.15, -0.1) is 0 Å². The average Bonchev–Trinajstić information content (AvgIpc) is 3.38. The predicted molar refractivity (Wildman–Crippen MR) is 124 cm³/mol. The van der Waals surface area contributed by atoms with Gasteiger partial charge in [0.1, 0.15) is 11.5 Å². The fourth-order valence-corrected chi connectivity index (χ4v) is 2.97. The van der Waals surface area contributed by atoms with Crippen LogP contribution in [0.1, 0.15) is 18.2 Å². The second-order valence-corrected chi connectivity index (χ2v) is 7.13. The molecule has 1 unspecified atom stereocenters. The lowest BCUT2D eigenvalue weighted by Crippen LogP contribution is -2.35. The monoisotopic (exact) mass is 425 g/mol. The van der Waals surface area contributed by atoms with Gasteiger partial charge in [-0.2, -0.15) is 0 Å². The number of anilines is 2. The van der Waals surface area contributed by atoms with Crippen molar-refractivity contribution in [3.8, 4) is 23.0 Å². The molecule has 1 aromatic carbocycles. The topological polar surface area (TPSA) is 95.1 Å². The minimum absolute atomic E-state index is 0.172. The van der Waals surface area contributed by atoms with Crippen molar-refractivity contribution in [1.82, 2.24) is 25.6 Å². The van der Waals surface area contributed by atoms with Gasteiger partial charge in [0, 0.05) is 41.5 Å². The summed E-state index contributed by atoms with van der Waals surface area (Å²) in [6.07, 6.45) is 7.23. The summed E-state index contributed by atoms with van der Waals surface area (Å²) < 4.78 is 0. The quantitative estimate of drug-likeness (QED) is 0.540. The maximum atomic E-state index is 12.3. The van der Waals surface area contributed by atoms with Gasteiger partial charge in [0.25, 0.3) is 0 Å². The van der Waals surface area contributed by atoms with Crippen LogP contribution >= 0.6 is 0 Å². The third-order valence-corrected chi connectivity index (χ3v) is 4.91. The molecule has 160 valence electrons. The van der Waals surface area contributed by atoms with Crippen LogP contribution in [0.25, 0.3) is 11.1 Å². The molecule has 0 radical (unpaired) electrons. The van der Waals surface area contributed by atoms with Crippen molar-refractivity contribution in [2.45, 2.75) is 13.0 Å². The van der Waals surface area contributed by atoms with Crippen molar-refractivity contribution < 1.29 is 4.79 Å². The molecule has 0 fully saturated rings. The normalized spacial score (nSPS) is 13.1. The number of carbonyl (C=O) groups excluding carboxylic acids is 1. The molecule has 1 aliphatic rings. The second kappa shape index (κ2) is 9.73. The lowest BCUT2D eigenvalue weighted by Gasteiger charge is -2.13. The molecule has 0 saturated heterocycles. The first kappa shape index (κ1) is 21.0. The molecule has 1 aliphatic heterocycles. The first-order chi connectivity index (χ1) is 15.6. The van der Waals surface area contributed by atoms with E-state index in [9.17, 15) is 4.79 Å². The van der Waals surface area contributed by atoms with Crippen LogP contribution in [0.5, 0.6) is 0 Å². The fourth-order valence-electron chi connectivity index (χ4n) is 2.97. The standard InChI is InChI=1S/C24H23N7O/c1-17(25-2)23(32)30-22-11-9-20(21(29-22)10-8-18-6-4-3-5-7-18)19-14-27-24(28-15-19)31-13-12-26-16-31/h3-7,9,11-15,17,25-26H,16H2,1-2H3,(H,29,30,32). The van der Waals surface area contributed by atoms with Crippen LogP contribution in [0.3, 0.4) is 0 Å². The molecular weight excluding hydrogens is 402 g/mol. The molecule has 8 heteroatoms. The summed E-state index contributed by atoms with van der Waals surface area (Å²) in [6.45, 7) is 2.41. The second-order valence-electron chi connectivity index (χ2n) is 7.13. The maximum absolute atomic E-state index is 12.3. The van der Waals surface area contributed by atoms with Crippen molar-refractivity contribution in [1.29, 1.82) is 0 Å². The molecule has 0 spiro atoms. The Bertz CT molecular complexity index is 1180. The van der Waals surface area contributed by atoms with Gasteiger partial charge in [-0.25, -0.2) is 15.0 Å². The van der Waals surface area contributed by atoms with E-state index >= 15 is 0 Å². The third-order valence-electron chi connectivity index (χ3n) is 4.91. The Morgan fingerprint density at radius 3 is 2.59 bits per heavy atom. The minimum atomic E-state index is -0.342. The summed E-state index contributed by atoms with van der Waals surface area (Å²) in [6, 6.07) is 13.0. The predicted octanol–water partition coefficient (Wildman–Crippen LogP) is 2.32. The van der Waals surface area contributed by atoms with Crippen LogP contribution in [0, 0.1) is 11.8 Å². The number of nitrogens with one attached hydrogen (secondary N) is 3. The highest BCUT2D eigenvalue weighted by Crippen LogP contribution is 2.24. The number of aromatic nitrogens is 3. The van der Waals surface area contributed by atoms with Crippen molar-refractivity contribution >= 4 is 17.7 Å². The summed E-state index contributed by atoms with van der Waals surface area (Å²) >= 11 is 0. The Kier molecular flexibility index (Phi) is 6.39. The molecular formula is C24H23N7O. The molecule has 3 heterocycles. The van der Waals surface area contributed by atoms with Gasteiger partial charge in [0.2, 0.25) is 11.9 Å². The van der Waals surface area contributed by atoms with E-state index < -0.39 is 0 Å². The molecule has 1 amide bonds. The number of pyridine rings is 1. The van der Waals surface area contributed by atoms with Crippen molar-refractivity contribution in [3.05, 3.63) is 78.5 Å². The zero-order valence-electron chi connectivity index (χ0n) is 17.8. The van der Waals surface area contributed by atoms with E-state index in [1.807, 2.05) is 53.7 Å². The largest absolute Gasteiger partial charge is 0.372 e. The van der Waals surface area contributed by atoms with Crippen LogP contribution in [-0.2, 0) is 4.79 Å². The smallest absolute Gasteiger partial charge is 0.242 e. The summed E-state index contributed by atoms with van der Waals surface area (Å²) in [5.74, 6) is 7.14. The Morgan fingerprint density at radius 1 is 1.12 bits per heavy atom. The van der Waals surface area contributed by atoms with Crippen molar-refractivity contribution in [2.24, 2.45) is 0 Å². The van der Waals surface area contributed by atoms with E-state index in [4.69, 9.17) is 0 Å². The molecule has 3 N–H and O–H groups in total. The number of likely N-dealkylation sites (N-methyl/N-ethyl adjacent to an activating group) is 1. The van der Waals surface area contributed by atoms with Gasteiger partial charge in [-0.3, -0.25) is 9.69 Å². The Labute approximate surface area is 186 Å². The highest BCUT2D eigenvalue weighted by atomic mass is 16.2. The zero-order valence-corrected chi connectivity index (χ0v) is 17.8. The van der Waals surface area contributed by atoms with Crippen LogP contribution in [0.15, 0.2) is 67.3 Å². The Hall–Kier alpha value is -4.22. The summed E-state index contributed by atoms with van der Waals surface area (Å²) in [5, 5.41) is 8.83. The SMILES string of the molecule is CNC(C)C(=O)Nc1ccc(-c2cnc(N3C=CNC3)nc2)c(C#Cc2ccccc2)n1. The van der Waals surface area contributed by atoms with Crippen LogP contribution in [0.2, 0.25) is 0 Å². The number of hydrogen-bond donors (Lipinski definition) is 3. The highest BCUT2D eigenvalue weighted by molar-refractivity contribution is 5.94. The van der Waals surface area contributed by atoms with Gasteiger partial charge in [0.15, 0.2) is 0 Å². The van der Waals surface area contributed by atoms with Crippen molar-refractivity contribution in [3.63, 3.8) is 0 Å². The van der Waals surface area contributed by atoms with Crippen molar-refractivity contribution in [2.75, 3.05) is 23.9 Å². The Morgan fingerprint density at radius 2 is 1.91 bits per heavy atom. The molecule has 8 nitrogen and oxygen atoms in total. The molecule has 4 rings (SSSR count). The van der Waals surface area contributed by atoms with Crippen LogP contribution < -0.4 is 20.9 Å². The van der Waals surface area contributed by atoms with E-state index in [2.05, 4.69) is 42.7 Å². The van der Waals surface area contributed by atoms with E-state index in [1.54, 1.807) is 32.4 Å². The summed E-state index contributed by atoms with van der Waals surface area (Å²) in [4.78, 5) is 27.7. The van der Waals surface area contributed by atoms with Gasteiger partial charge in [-0.1, -0.05) is 24.1 Å². The van der Waals surface area contributed by atoms with Gasteiger partial charge >= 0.3 is 0 Å². The van der Waals surface area contributed by atoms with Crippen LogP contribution in [-0.4, -0.2) is 40.6 Å². The molecule has 3 aromatic rings. The van der Waals surface area contributed by atoms with E-state index in [1.165, 1.54) is 0 Å². The van der Waals surface area contributed by atoms with Gasteiger partial charge < -0.3 is 16.0 Å². The molecule has 0 bridgehead atoms. The maximum Gasteiger partial charge on any atom is 0.242 e. The third kappa shape index (κ3) is 4.91. The number of carbonyl (C=O) groups is 1. The number of nitrogens with zero attached hydrogens (tertiary/aromatic N) is 4. The first-order valence-corrected chi connectivity index (χ1v) is 10.2. The van der Waals surface area contributed by atoms with E-state index in [-0.39, 0.29) is 11.9 Å². The lowest BCUT2D eigenvalue weighted by atomic mass is 10.1. The number of rotatable bonds is 5. The fraction of sp³-hybridized carbons (Fsp3) is 0.167.